The van der Waals surface area contributed by atoms with Crippen LogP contribution < -0.4 is 10.8 Å². The van der Waals surface area contributed by atoms with E-state index in [1.807, 2.05) is 25.2 Å². The maximum absolute atomic E-state index is 4.95. The molecule has 0 saturated heterocycles. The summed E-state index contributed by atoms with van der Waals surface area (Å²) in [4.78, 5) is 6.59. The number of anilines is 1. The maximum atomic E-state index is 4.95. The van der Waals surface area contributed by atoms with Crippen LogP contribution in [0.15, 0.2) is 28.7 Å². The Kier molecular flexibility index (Phi) is 4.21. The quantitative estimate of drug-likeness (QED) is 0.821. The van der Waals surface area contributed by atoms with Crippen LogP contribution in [-0.2, 0) is 4.84 Å². The minimum atomic E-state index is 0.531. The van der Waals surface area contributed by atoms with E-state index >= 15 is 0 Å². The molecule has 1 aromatic rings. The Bertz CT molecular complexity index is 268. The van der Waals surface area contributed by atoms with Crippen molar-refractivity contribution in [2.24, 2.45) is 5.90 Å². The van der Waals surface area contributed by atoms with Crippen LogP contribution in [-0.4, -0.2) is 20.2 Å². The van der Waals surface area contributed by atoms with Crippen molar-refractivity contribution in [3.05, 3.63) is 28.7 Å². The van der Waals surface area contributed by atoms with Crippen LogP contribution in [0.25, 0.3) is 0 Å². The molecule has 0 heterocycles. The molecule has 1 rings (SSSR count). The van der Waals surface area contributed by atoms with Gasteiger partial charge in [0.25, 0.3) is 0 Å². The summed E-state index contributed by atoms with van der Waals surface area (Å²) in [7, 11) is 2.00. The molecule has 0 aliphatic rings. The van der Waals surface area contributed by atoms with Gasteiger partial charge in [-0.3, -0.25) is 0 Å². The summed E-state index contributed by atoms with van der Waals surface area (Å²) in [6.45, 7) is 1.32. The zero-order valence-corrected chi connectivity index (χ0v) is 9.12. The van der Waals surface area contributed by atoms with Gasteiger partial charge in [0, 0.05) is 23.8 Å². The Balaban J connectivity index is 2.60. The second-order valence-corrected chi connectivity index (χ2v) is 3.69. The predicted molar refractivity (Wildman–Crippen MR) is 57.6 cm³/mol. The van der Waals surface area contributed by atoms with Crippen molar-refractivity contribution in [2.75, 3.05) is 25.1 Å². The normalized spacial score (nSPS) is 10.1. The van der Waals surface area contributed by atoms with Crippen LogP contribution in [0.2, 0.25) is 0 Å². The van der Waals surface area contributed by atoms with Crippen molar-refractivity contribution in [1.29, 1.82) is 0 Å². The Morgan fingerprint density at radius 1 is 1.54 bits per heavy atom. The fourth-order valence-electron chi connectivity index (χ4n) is 1.03. The molecule has 3 nitrogen and oxygen atoms in total. The lowest BCUT2D eigenvalue weighted by molar-refractivity contribution is 0.145. The summed E-state index contributed by atoms with van der Waals surface area (Å²) in [5, 5.41) is 0. The van der Waals surface area contributed by atoms with E-state index in [9.17, 15) is 0 Å². The zero-order chi connectivity index (χ0) is 9.68. The van der Waals surface area contributed by atoms with Gasteiger partial charge in [-0.1, -0.05) is 22.0 Å². The van der Waals surface area contributed by atoms with Gasteiger partial charge in [-0.2, -0.15) is 0 Å². The average molecular weight is 245 g/mol. The van der Waals surface area contributed by atoms with Crippen molar-refractivity contribution >= 4 is 21.6 Å². The third kappa shape index (κ3) is 3.34. The molecule has 0 amide bonds. The Morgan fingerprint density at radius 3 is 2.92 bits per heavy atom. The van der Waals surface area contributed by atoms with Gasteiger partial charge in [0.2, 0.25) is 0 Å². The molecule has 0 bridgehead atoms. The fourth-order valence-corrected chi connectivity index (χ4v) is 1.42. The van der Waals surface area contributed by atoms with Gasteiger partial charge in [0.1, 0.15) is 0 Å². The van der Waals surface area contributed by atoms with Gasteiger partial charge < -0.3 is 9.74 Å². The molecule has 0 aliphatic carbocycles. The molecule has 0 saturated carbocycles. The average Bonchev–Trinajstić information content (AvgIpc) is 2.14. The van der Waals surface area contributed by atoms with Crippen molar-refractivity contribution in [3.8, 4) is 0 Å². The van der Waals surface area contributed by atoms with Gasteiger partial charge in [0.05, 0.1) is 6.61 Å². The molecule has 0 unspecified atom stereocenters. The highest BCUT2D eigenvalue weighted by atomic mass is 79.9. The molecule has 1 aromatic carbocycles. The SMILES string of the molecule is CN(CCON)c1cccc(Br)c1. The van der Waals surface area contributed by atoms with E-state index < -0.39 is 0 Å². The smallest absolute Gasteiger partial charge is 0.0854 e. The molecule has 4 heteroatoms. The lowest BCUT2D eigenvalue weighted by Gasteiger charge is -2.18. The van der Waals surface area contributed by atoms with Gasteiger partial charge in [0.15, 0.2) is 0 Å². The summed E-state index contributed by atoms with van der Waals surface area (Å²) < 4.78 is 1.07. The number of likely N-dealkylation sites (N-methyl/N-ethyl adjacent to an activating group) is 1. The van der Waals surface area contributed by atoms with E-state index in [1.54, 1.807) is 0 Å². The van der Waals surface area contributed by atoms with Gasteiger partial charge in [-0.05, 0) is 18.2 Å². The second kappa shape index (κ2) is 5.21. The Labute approximate surface area is 86.6 Å². The first-order valence-electron chi connectivity index (χ1n) is 4.02. The number of rotatable bonds is 4. The minimum Gasteiger partial charge on any atom is -0.372 e. The van der Waals surface area contributed by atoms with Crippen molar-refractivity contribution in [2.45, 2.75) is 0 Å². The number of halogens is 1. The molecule has 0 fully saturated rings. The van der Waals surface area contributed by atoms with Gasteiger partial charge in [-0.25, -0.2) is 5.90 Å². The third-order valence-electron chi connectivity index (χ3n) is 1.79. The molecule has 72 valence electrons. The van der Waals surface area contributed by atoms with Crippen LogP contribution in [0.1, 0.15) is 0 Å². The number of hydrogen-bond donors (Lipinski definition) is 1. The first-order valence-corrected chi connectivity index (χ1v) is 4.81. The van der Waals surface area contributed by atoms with Crippen molar-refractivity contribution in [3.63, 3.8) is 0 Å². The Morgan fingerprint density at radius 2 is 2.31 bits per heavy atom. The van der Waals surface area contributed by atoms with E-state index in [-0.39, 0.29) is 0 Å². The molecular weight excluding hydrogens is 232 g/mol. The third-order valence-corrected chi connectivity index (χ3v) is 2.29. The molecule has 2 N–H and O–H groups in total. The lowest BCUT2D eigenvalue weighted by Crippen LogP contribution is -2.23. The number of benzene rings is 1. The van der Waals surface area contributed by atoms with E-state index in [1.165, 1.54) is 0 Å². The highest BCUT2D eigenvalue weighted by Gasteiger charge is 1.99. The molecule has 13 heavy (non-hydrogen) atoms. The topological polar surface area (TPSA) is 38.5 Å². The summed E-state index contributed by atoms with van der Waals surface area (Å²) in [6.07, 6.45) is 0. The largest absolute Gasteiger partial charge is 0.372 e. The van der Waals surface area contributed by atoms with Crippen LogP contribution in [0.4, 0.5) is 5.69 Å². The number of nitrogens with zero attached hydrogens (tertiary/aromatic N) is 1. The monoisotopic (exact) mass is 244 g/mol. The zero-order valence-electron chi connectivity index (χ0n) is 7.53. The van der Waals surface area contributed by atoms with Crippen LogP contribution in [0.3, 0.4) is 0 Å². The van der Waals surface area contributed by atoms with E-state index in [0.29, 0.717) is 6.61 Å². The molecule has 0 atom stereocenters. The summed E-state index contributed by atoms with van der Waals surface area (Å²) in [5.74, 6) is 4.95. The van der Waals surface area contributed by atoms with Crippen molar-refractivity contribution in [1.82, 2.24) is 0 Å². The van der Waals surface area contributed by atoms with Crippen LogP contribution in [0, 0.1) is 0 Å². The van der Waals surface area contributed by atoms with E-state index in [2.05, 4.69) is 31.7 Å². The highest BCUT2D eigenvalue weighted by molar-refractivity contribution is 9.10. The lowest BCUT2D eigenvalue weighted by atomic mass is 10.3. The molecule has 0 aromatic heterocycles. The molecule has 0 aliphatic heterocycles. The summed E-state index contributed by atoms with van der Waals surface area (Å²) in [5.41, 5.74) is 1.14. The Hall–Kier alpha value is -0.580. The first kappa shape index (κ1) is 10.5. The molecule has 0 spiro atoms. The summed E-state index contributed by atoms with van der Waals surface area (Å²) in [6, 6.07) is 8.09. The standard InChI is InChI=1S/C9H13BrN2O/c1-12(5-6-13-11)9-4-2-3-8(10)7-9/h2-4,7H,5-6,11H2,1H3. The van der Waals surface area contributed by atoms with Crippen LogP contribution >= 0.6 is 15.9 Å². The summed E-state index contributed by atoms with van der Waals surface area (Å²) >= 11 is 3.42. The highest BCUT2D eigenvalue weighted by Crippen LogP contribution is 2.18. The van der Waals surface area contributed by atoms with E-state index in [0.717, 1.165) is 16.7 Å². The van der Waals surface area contributed by atoms with Crippen LogP contribution in [0.5, 0.6) is 0 Å². The number of hydrogen-bond acceptors (Lipinski definition) is 3. The number of nitrogens with two attached hydrogens (primary N) is 1. The minimum absolute atomic E-state index is 0.531. The molecule has 0 radical (unpaired) electrons. The van der Waals surface area contributed by atoms with Crippen molar-refractivity contribution < 1.29 is 4.84 Å². The molecular formula is C9H13BrN2O. The maximum Gasteiger partial charge on any atom is 0.0854 e. The fraction of sp³-hybridized carbons (Fsp3) is 0.333. The predicted octanol–water partition coefficient (Wildman–Crippen LogP) is 1.78. The van der Waals surface area contributed by atoms with E-state index in [4.69, 9.17) is 5.90 Å². The second-order valence-electron chi connectivity index (χ2n) is 2.77. The van der Waals surface area contributed by atoms with Gasteiger partial charge >= 0.3 is 0 Å². The van der Waals surface area contributed by atoms with Gasteiger partial charge in [-0.15, -0.1) is 0 Å². The first-order chi connectivity index (χ1) is 6.24.